The second kappa shape index (κ2) is 4.06. The van der Waals surface area contributed by atoms with Crippen LogP contribution in [0.2, 0.25) is 8.67 Å². The molecular formula is C8H8Cl2N2OS. The minimum absolute atomic E-state index is 0.148. The fraction of sp³-hybridized carbons (Fsp3) is 0.375. The monoisotopic (exact) mass is 250 g/mol. The first-order valence-electron chi connectivity index (χ1n) is 4.13. The number of hydrogen-bond donors (Lipinski definition) is 2. The summed E-state index contributed by atoms with van der Waals surface area (Å²) in [5.41, 5.74) is 0.466. The van der Waals surface area contributed by atoms with E-state index in [2.05, 4.69) is 10.6 Å². The van der Waals surface area contributed by atoms with Crippen LogP contribution < -0.4 is 10.6 Å². The largest absolute Gasteiger partial charge is 0.347 e. The molecule has 2 rings (SSSR count). The van der Waals surface area contributed by atoms with Crippen LogP contribution in [0.4, 0.5) is 0 Å². The number of carbonyl (C=O) groups is 1. The minimum Gasteiger partial charge on any atom is -0.347 e. The summed E-state index contributed by atoms with van der Waals surface area (Å²) in [4.78, 5) is 11.6. The van der Waals surface area contributed by atoms with Crippen molar-refractivity contribution in [1.82, 2.24) is 10.6 Å². The van der Waals surface area contributed by atoms with E-state index in [1.807, 2.05) is 0 Å². The van der Waals surface area contributed by atoms with Gasteiger partial charge in [0.25, 0.3) is 5.91 Å². The van der Waals surface area contributed by atoms with E-state index in [0.717, 1.165) is 13.1 Å². The number of thiophene rings is 1. The van der Waals surface area contributed by atoms with E-state index in [1.54, 1.807) is 6.07 Å². The summed E-state index contributed by atoms with van der Waals surface area (Å²) in [6, 6.07) is 1.81. The van der Waals surface area contributed by atoms with Gasteiger partial charge in [0.1, 0.15) is 4.34 Å². The molecule has 1 aliphatic heterocycles. The summed E-state index contributed by atoms with van der Waals surface area (Å²) >= 11 is 12.8. The first-order valence-corrected chi connectivity index (χ1v) is 5.70. The van der Waals surface area contributed by atoms with Crippen molar-refractivity contribution in [3.8, 4) is 0 Å². The Labute approximate surface area is 95.4 Å². The first kappa shape index (κ1) is 10.2. The molecule has 0 aliphatic carbocycles. The van der Waals surface area contributed by atoms with Crippen LogP contribution in [0.15, 0.2) is 6.07 Å². The lowest BCUT2D eigenvalue weighted by Gasteiger charge is -2.27. The van der Waals surface area contributed by atoms with Crippen LogP contribution in [0.25, 0.3) is 0 Å². The Morgan fingerprint density at radius 3 is 2.71 bits per heavy atom. The van der Waals surface area contributed by atoms with Crippen molar-refractivity contribution in [2.75, 3.05) is 13.1 Å². The van der Waals surface area contributed by atoms with Crippen LogP contribution in [-0.4, -0.2) is 25.0 Å². The summed E-state index contributed by atoms with van der Waals surface area (Å²) in [6.45, 7) is 1.64. The zero-order chi connectivity index (χ0) is 10.1. The summed E-state index contributed by atoms with van der Waals surface area (Å²) in [5, 5.41) is 5.92. The van der Waals surface area contributed by atoms with Crippen LogP contribution in [0, 0.1) is 0 Å². The molecule has 1 aromatic rings. The number of halogens is 2. The van der Waals surface area contributed by atoms with Gasteiger partial charge in [-0.05, 0) is 6.07 Å². The molecule has 1 saturated heterocycles. The van der Waals surface area contributed by atoms with Crippen LogP contribution in [0.5, 0.6) is 0 Å². The molecule has 1 fully saturated rings. The summed E-state index contributed by atoms with van der Waals surface area (Å²) < 4.78 is 0.978. The average molecular weight is 251 g/mol. The van der Waals surface area contributed by atoms with Crippen LogP contribution in [0.3, 0.4) is 0 Å². The van der Waals surface area contributed by atoms with Gasteiger partial charge in [0.05, 0.1) is 15.9 Å². The second-order valence-corrected chi connectivity index (χ2v) is 5.35. The van der Waals surface area contributed by atoms with Gasteiger partial charge >= 0.3 is 0 Å². The minimum atomic E-state index is -0.148. The molecule has 6 heteroatoms. The van der Waals surface area contributed by atoms with Crippen molar-refractivity contribution in [2.45, 2.75) is 6.04 Å². The molecular weight excluding hydrogens is 243 g/mol. The van der Waals surface area contributed by atoms with Crippen molar-refractivity contribution in [2.24, 2.45) is 0 Å². The molecule has 2 N–H and O–H groups in total. The predicted octanol–water partition coefficient (Wildman–Crippen LogP) is 1.76. The maximum absolute atomic E-state index is 11.6. The van der Waals surface area contributed by atoms with Crippen molar-refractivity contribution in [1.29, 1.82) is 0 Å². The van der Waals surface area contributed by atoms with E-state index in [9.17, 15) is 4.79 Å². The molecule has 0 bridgehead atoms. The van der Waals surface area contributed by atoms with Crippen molar-refractivity contribution in [3.63, 3.8) is 0 Å². The SMILES string of the molecule is O=C(NC1CNC1)c1cc(Cl)sc1Cl. The van der Waals surface area contributed by atoms with Crippen molar-refractivity contribution in [3.05, 3.63) is 20.3 Å². The van der Waals surface area contributed by atoms with Crippen molar-refractivity contribution < 1.29 is 4.79 Å². The Bertz CT molecular complexity index is 362. The van der Waals surface area contributed by atoms with Gasteiger partial charge in [-0.2, -0.15) is 0 Å². The number of rotatable bonds is 2. The normalized spacial score (nSPS) is 16.4. The maximum atomic E-state index is 11.6. The molecule has 1 amide bonds. The standard InChI is InChI=1S/C8H8Cl2N2OS/c9-6-1-5(7(10)14-6)8(13)12-4-2-11-3-4/h1,4,11H,2-3H2,(H,12,13). The molecule has 1 aliphatic rings. The molecule has 14 heavy (non-hydrogen) atoms. The molecule has 0 radical (unpaired) electrons. The lowest BCUT2D eigenvalue weighted by atomic mass is 10.1. The highest BCUT2D eigenvalue weighted by Gasteiger charge is 2.21. The molecule has 0 saturated carbocycles. The Morgan fingerprint density at radius 2 is 2.29 bits per heavy atom. The zero-order valence-electron chi connectivity index (χ0n) is 7.14. The molecule has 0 atom stereocenters. The lowest BCUT2D eigenvalue weighted by molar-refractivity contribution is 0.0924. The van der Waals surface area contributed by atoms with Gasteiger partial charge in [0, 0.05) is 13.1 Å². The van der Waals surface area contributed by atoms with E-state index in [0.29, 0.717) is 14.2 Å². The van der Waals surface area contributed by atoms with Gasteiger partial charge in [0.2, 0.25) is 0 Å². The van der Waals surface area contributed by atoms with Crippen LogP contribution >= 0.6 is 34.5 Å². The third-order valence-corrected chi connectivity index (χ3v) is 3.51. The van der Waals surface area contributed by atoms with Gasteiger partial charge < -0.3 is 10.6 Å². The molecule has 2 heterocycles. The number of carbonyl (C=O) groups excluding carboxylic acids is 1. The van der Waals surface area contributed by atoms with E-state index >= 15 is 0 Å². The maximum Gasteiger partial charge on any atom is 0.254 e. The zero-order valence-corrected chi connectivity index (χ0v) is 9.47. The molecule has 3 nitrogen and oxygen atoms in total. The first-order chi connectivity index (χ1) is 6.66. The fourth-order valence-electron chi connectivity index (χ4n) is 1.15. The fourth-order valence-corrected chi connectivity index (χ4v) is 2.61. The van der Waals surface area contributed by atoms with Crippen LogP contribution in [0.1, 0.15) is 10.4 Å². The number of hydrogen-bond acceptors (Lipinski definition) is 3. The average Bonchev–Trinajstić information content (AvgIpc) is 2.37. The molecule has 0 unspecified atom stereocenters. The van der Waals surface area contributed by atoms with E-state index in [-0.39, 0.29) is 11.9 Å². The second-order valence-electron chi connectivity index (χ2n) is 3.07. The summed E-state index contributed by atoms with van der Waals surface area (Å²) in [6.07, 6.45) is 0. The Hall–Kier alpha value is -0.290. The third-order valence-electron chi connectivity index (χ3n) is 2.02. The van der Waals surface area contributed by atoms with Gasteiger partial charge in [0.15, 0.2) is 0 Å². The predicted molar refractivity (Wildman–Crippen MR) is 58.5 cm³/mol. The van der Waals surface area contributed by atoms with E-state index in [1.165, 1.54) is 11.3 Å². The topological polar surface area (TPSA) is 41.1 Å². The van der Waals surface area contributed by atoms with Gasteiger partial charge in [-0.1, -0.05) is 23.2 Å². The lowest BCUT2D eigenvalue weighted by Crippen LogP contribution is -2.56. The Balaban J connectivity index is 2.06. The van der Waals surface area contributed by atoms with E-state index < -0.39 is 0 Å². The van der Waals surface area contributed by atoms with Gasteiger partial charge in [-0.3, -0.25) is 4.79 Å². The molecule has 0 spiro atoms. The highest BCUT2D eigenvalue weighted by Crippen LogP contribution is 2.31. The number of amides is 1. The highest BCUT2D eigenvalue weighted by molar-refractivity contribution is 7.20. The molecule has 1 aromatic heterocycles. The third kappa shape index (κ3) is 2.03. The summed E-state index contributed by atoms with van der Waals surface area (Å²) in [5.74, 6) is -0.148. The van der Waals surface area contributed by atoms with Crippen LogP contribution in [-0.2, 0) is 0 Å². The Morgan fingerprint density at radius 1 is 1.57 bits per heavy atom. The smallest absolute Gasteiger partial charge is 0.254 e. The quantitative estimate of drug-likeness (QED) is 0.840. The van der Waals surface area contributed by atoms with E-state index in [4.69, 9.17) is 23.2 Å². The number of nitrogens with one attached hydrogen (secondary N) is 2. The summed E-state index contributed by atoms with van der Waals surface area (Å²) in [7, 11) is 0. The van der Waals surface area contributed by atoms with Gasteiger partial charge in [-0.25, -0.2) is 0 Å². The molecule has 0 aromatic carbocycles. The highest BCUT2D eigenvalue weighted by atomic mass is 35.5. The van der Waals surface area contributed by atoms with Crippen molar-refractivity contribution >= 4 is 40.4 Å². The van der Waals surface area contributed by atoms with Gasteiger partial charge in [-0.15, -0.1) is 11.3 Å². The Kier molecular flexibility index (Phi) is 2.97. The molecule has 76 valence electrons.